The Kier molecular flexibility index (Phi) is 12.4. The number of aromatic nitrogens is 7. The van der Waals surface area contributed by atoms with Crippen molar-refractivity contribution in [2.24, 2.45) is 0 Å². The number of nitriles is 1. The molecule has 4 aromatic rings. The Morgan fingerprint density at radius 1 is 0.689 bits per heavy atom. The van der Waals surface area contributed by atoms with Gasteiger partial charge in [0.2, 0.25) is 23.5 Å². The molecule has 2 amide bonds. The van der Waals surface area contributed by atoms with Gasteiger partial charge in [-0.2, -0.15) is 5.26 Å². The molecule has 45 heavy (non-hydrogen) atoms. The van der Waals surface area contributed by atoms with Gasteiger partial charge in [0.05, 0.1) is 41.2 Å². The third kappa shape index (κ3) is 10.7. The van der Waals surface area contributed by atoms with Crippen molar-refractivity contribution in [3.63, 3.8) is 0 Å². The van der Waals surface area contributed by atoms with Crippen molar-refractivity contribution in [1.29, 1.82) is 5.26 Å². The lowest BCUT2D eigenvalue weighted by atomic mass is 10.2. The smallest absolute Gasteiger partial charge is 0.303 e. The summed E-state index contributed by atoms with van der Waals surface area (Å²) < 4.78 is 0. The van der Waals surface area contributed by atoms with E-state index in [0.717, 1.165) is 0 Å². The Balaban J connectivity index is 0.000000525. The van der Waals surface area contributed by atoms with Crippen LogP contribution in [0.2, 0.25) is 0 Å². The number of nitrogens with two attached hydrogens (primary N) is 1. The molecule has 0 aliphatic carbocycles. The van der Waals surface area contributed by atoms with Crippen LogP contribution in [0.5, 0.6) is 0 Å². The maximum absolute atomic E-state index is 12.2. The van der Waals surface area contributed by atoms with Gasteiger partial charge in [0.25, 0.3) is 0 Å². The number of nitrogens with one attached hydrogen (secondary N) is 2. The molecule has 4 aromatic heterocycles. The van der Waals surface area contributed by atoms with Crippen LogP contribution < -0.4 is 16.4 Å². The van der Waals surface area contributed by atoms with Gasteiger partial charge in [-0.25, -0.2) is 0 Å². The minimum Gasteiger partial charge on any atom is -0.481 e. The average molecular weight is 614 g/mol. The number of carbonyl (C=O) groups is 4. The number of hydrogen-bond donors (Lipinski definition) is 5. The second-order valence-electron chi connectivity index (χ2n) is 9.06. The molecule has 0 aromatic carbocycles. The van der Waals surface area contributed by atoms with Crippen LogP contribution in [0.15, 0.2) is 55.4 Å². The van der Waals surface area contributed by atoms with Crippen LogP contribution in [0.25, 0.3) is 22.8 Å². The zero-order valence-electron chi connectivity index (χ0n) is 23.6. The third-order valence-electron chi connectivity index (χ3n) is 5.71. The minimum absolute atomic E-state index is 0.0176. The lowest BCUT2D eigenvalue weighted by molar-refractivity contribution is -0.138. The number of nitrogen functional groups attached to an aromatic ring is 1. The second kappa shape index (κ2) is 16.9. The van der Waals surface area contributed by atoms with Crippen LogP contribution in [0.4, 0.5) is 17.1 Å². The fourth-order valence-corrected chi connectivity index (χ4v) is 3.56. The van der Waals surface area contributed by atoms with E-state index in [1.54, 1.807) is 18.2 Å². The molecule has 0 saturated heterocycles. The Morgan fingerprint density at radius 2 is 1.11 bits per heavy atom. The molecule has 230 valence electrons. The number of aliphatic carboxylic acids is 2. The number of hydrogen-bond acceptors (Lipinski definition) is 13. The molecule has 0 spiro atoms. The summed E-state index contributed by atoms with van der Waals surface area (Å²) >= 11 is 0. The molecule has 17 heteroatoms. The second-order valence-corrected chi connectivity index (χ2v) is 9.06. The highest BCUT2D eigenvalue weighted by atomic mass is 16.4. The first-order valence-corrected chi connectivity index (χ1v) is 13.3. The number of amides is 2. The predicted octanol–water partition coefficient (Wildman–Crippen LogP) is 2.31. The number of rotatable bonds is 12. The molecular weight excluding hydrogens is 586 g/mol. The van der Waals surface area contributed by atoms with Gasteiger partial charge in [0, 0.05) is 55.4 Å². The molecular formula is C28H27N11O6. The molecule has 4 rings (SSSR count). The normalized spacial score (nSPS) is 10.0. The van der Waals surface area contributed by atoms with E-state index in [1.807, 2.05) is 6.07 Å². The van der Waals surface area contributed by atoms with Crippen molar-refractivity contribution < 1.29 is 29.4 Å². The Labute approximate surface area is 255 Å². The number of pyridine rings is 3. The lowest BCUT2D eigenvalue weighted by Gasteiger charge is -2.10. The van der Waals surface area contributed by atoms with E-state index in [2.05, 4.69) is 46.0 Å². The quantitative estimate of drug-likeness (QED) is 0.153. The standard InChI is InChI=1S/C22H22N8O6.C6H5N3/c31-17(3-1-5-19(33)34)25-15-11-23-9-7-13(15)21-27-29-22(30-28-21)14-8-10-24-12-16(14)26-18(32)4-2-6-20(35)36;7-3-5-1-2-9-4-6(5)8/h7-12H,1-6H2,(H,25,31)(H,26,32)(H,33,34)(H,35,36);1-2,4H,8H2. The van der Waals surface area contributed by atoms with E-state index in [-0.39, 0.29) is 62.0 Å². The summed E-state index contributed by atoms with van der Waals surface area (Å²) in [6, 6.07) is 6.65. The summed E-state index contributed by atoms with van der Waals surface area (Å²) in [5, 5.41) is 47.5. The fourth-order valence-electron chi connectivity index (χ4n) is 3.56. The number of carbonyl (C=O) groups excluding carboxylic acids is 2. The number of anilines is 3. The largest absolute Gasteiger partial charge is 0.481 e. The summed E-state index contributed by atoms with van der Waals surface area (Å²) in [5.74, 6) is -2.52. The predicted molar refractivity (Wildman–Crippen MR) is 158 cm³/mol. The van der Waals surface area contributed by atoms with E-state index < -0.39 is 11.9 Å². The summed E-state index contributed by atoms with van der Waals surface area (Å²) in [4.78, 5) is 57.3. The topological polar surface area (TPSA) is 273 Å². The van der Waals surface area contributed by atoms with E-state index in [4.69, 9.17) is 21.2 Å². The highest BCUT2D eigenvalue weighted by Gasteiger charge is 2.16. The van der Waals surface area contributed by atoms with Crippen LogP contribution in [0, 0.1) is 11.3 Å². The first-order chi connectivity index (χ1) is 21.7. The molecule has 0 saturated carbocycles. The van der Waals surface area contributed by atoms with Gasteiger partial charge in [-0.1, -0.05) is 0 Å². The number of carboxylic acid groups (broad SMARTS) is 2. The van der Waals surface area contributed by atoms with E-state index in [9.17, 15) is 19.2 Å². The maximum Gasteiger partial charge on any atom is 0.303 e. The van der Waals surface area contributed by atoms with Gasteiger partial charge in [-0.3, -0.25) is 34.1 Å². The maximum atomic E-state index is 12.2. The molecule has 0 radical (unpaired) electrons. The zero-order chi connectivity index (χ0) is 32.6. The lowest BCUT2D eigenvalue weighted by Crippen LogP contribution is -2.14. The van der Waals surface area contributed by atoms with E-state index >= 15 is 0 Å². The summed E-state index contributed by atoms with van der Waals surface area (Å²) in [6.07, 6.45) is 8.94. The minimum atomic E-state index is -0.981. The molecule has 6 N–H and O–H groups in total. The van der Waals surface area contributed by atoms with Gasteiger partial charge in [0.15, 0.2) is 0 Å². The number of carboxylic acids is 2. The highest BCUT2D eigenvalue weighted by Crippen LogP contribution is 2.26. The van der Waals surface area contributed by atoms with Crippen LogP contribution in [0.3, 0.4) is 0 Å². The SMILES string of the molecule is N#Cc1ccncc1N.O=C(O)CCCC(=O)Nc1cnccc1-c1nnc(-c2ccncc2NC(=O)CCCC(=O)O)nn1. The molecule has 0 fully saturated rings. The fraction of sp³-hybridized carbons (Fsp3) is 0.214. The van der Waals surface area contributed by atoms with Crippen molar-refractivity contribution in [1.82, 2.24) is 35.3 Å². The molecule has 4 heterocycles. The molecule has 0 unspecified atom stereocenters. The Morgan fingerprint density at radius 3 is 1.49 bits per heavy atom. The van der Waals surface area contributed by atoms with Crippen LogP contribution in [-0.2, 0) is 19.2 Å². The summed E-state index contributed by atoms with van der Waals surface area (Å²) in [7, 11) is 0. The van der Waals surface area contributed by atoms with Crippen LogP contribution in [-0.4, -0.2) is 69.3 Å². The van der Waals surface area contributed by atoms with Crippen molar-refractivity contribution in [3.8, 4) is 28.8 Å². The van der Waals surface area contributed by atoms with Crippen molar-refractivity contribution in [3.05, 3.63) is 60.9 Å². The van der Waals surface area contributed by atoms with Crippen LogP contribution >= 0.6 is 0 Å². The Hall–Kier alpha value is -6.44. The summed E-state index contributed by atoms with van der Waals surface area (Å²) in [5.41, 5.74) is 7.69. The van der Waals surface area contributed by atoms with Crippen molar-refractivity contribution in [2.45, 2.75) is 38.5 Å². The zero-order valence-corrected chi connectivity index (χ0v) is 23.6. The molecule has 0 atom stereocenters. The first kappa shape index (κ1) is 33.1. The molecule has 0 aliphatic rings. The van der Waals surface area contributed by atoms with E-state index in [0.29, 0.717) is 33.8 Å². The Bertz CT molecular complexity index is 1600. The van der Waals surface area contributed by atoms with Gasteiger partial charge in [-0.15, -0.1) is 20.4 Å². The first-order valence-electron chi connectivity index (χ1n) is 13.3. The molecule has 0 aliphatic heterocycles. The van der Waals surface area contributed by atoms with E-state index in [1.165, 1.54) is 37.2 Å². The molecule has 0 bridgehead atoms. The van der Waals surface area contributed by atoms with Crippen molar-refractivity contribution in [2.75, 3.05) is 16.4 Å². The molecule has 17 nitrogen and oxygen atoms in total. The van der Waals surface area contributed by atoms with Gasteiger partial charge in [-0.05, 0) is 31.0 Å². The summed E-state index contributed by atoms with van der Waals surface area (Å²) in [6.45, 7) is 0. The van der Waals surface area contributed by atoms with Crippen LogP contribution in [0.1, 0.15) is 44.1 Å². The van der Waals surface area contributed by atoms with Gasteiger partial charge in [0.1, 0.15) is 6.07 Å². The third-order valence-corrected chi connectivity index (χ3v) is 5.71. The highest BCUT2D eigenvalue weighted by molar-refractivity contribution is 5.95. The van der Waals surface area contributed by atoms with Gasteiger partial charge < -0.3 is 26.6 Å². The van der Waals surface area contributed by atoms with Crippen molar-refractivity contribution >= 4 is 40.8 Å². The monoisotopic (exact) mass is 613 g/mol. The average Bonchev–Trinajstić information content (AvgIpc) is 3.02. The number of nitrogens with zero attached hydrogens (tertiary/aromatic N) is 8. The van der Waals surface area contributed by atoms with Gasteiger partial charge >= 0.3 is 11.9 Å².